The lowest BCUT2D eigenvalue weighted by Crippen LogP contribution is -2.35. The highest BCUT2D eigenvalue weighted by Gasteiger charge is 2.31. The largest absolute Gasteiger partial charge is 0.416 e. The SMILES string of the molecule is CC1CCC(NC(CN)c2cccc(C(F)(F)F)c2)C1. The quantitative estimate of drug-likeness (QED) is 0.889. The second-order valence-electron chi connectivity index (χ2n) is 5.69. The van der Waals surface area contributed by atoms with Crippen LogP contribution in [0.5, 0.6) is 0 Å². The van der Waals surface area contributed by atoms with E-state index in [1.165, 1.54) is 12.1 Å². The first-order chi connectivity index (χ1) is 9.40. The summed E-state index contributed by atoms with van der Waals surface area (Å²) in [7, 11) is 0. The van der Waals surface area contributed by atoms with Crippen LogP contribution in [-0.4, -0.2) is 12.6 Å². The molecule has 2 rings (SSSR count). The molecule has 0 spiro atoms. The van der Waals surface area contributed by atoms with Crippen LogP contribution in [0, 0.1) is 5.92 Å². The average molecular weight is 286 g/mol. The van der Waals surface area contributed by atoms with Crippen LogP contribution in [0.3, 0.4) is 0 Å². The van der Waals surface area contributed by atoms with Gasteiger partial charge in [0.2, 0.25) is 0 Å². The molecule has 1 aliphatic rings. The van der Waals surface area contributed by atoms with E-state index in [9.17, 15) is 13.2 Å². The van der Waals surface area contributed by atoms with E-state index in [1.54, 1.807) is 6.07 Å². The van der Waals surface area contributed by atoms with Gasteiger partial charge in [-0.2, -0.15) is 13.2 Å². The number of nitrogens with two attached hydrogens (primary N) is 1. The van der Waals surface area contributed by atoms with E-state index in [0.717, 1.165) is 25.3 Å². The summed E-state index contributed by atoms with van der Waals surface area (Å²) in [4.78, 5) is 0. The van der Waals surface area contributed by atoms with Crippen molar-refractivity contribution >= 4 is 0 Å². The van der Waals surface area contributed by atoms with Gasteiger partial charge in [0.25, 0.3) is 0 Å². The summed E-state index contributed by atoms with van der Waals surface area (Å²) in [6, 6.07) is 5.58. The molecule has 0 bridgehead atoms. The molecule has 0 radical (unpaired) electrons. The highest BCUT2D eigenvalue weighted by atomic mass is 19.4. The predicted octanol–water partition coefficient (Wildman–Crippen LogP) is 3.48. The van der Waals surface area contributed by atoms with Crippen molar-refractivity contribution in [1.29, 1.82) is 0 Å². The van der Waals surface area contributed by atoms with E-state index in [0.29, 0.717) is 24.1 Å². The van der Waals surface area contributed by atoms with Gasteiger partial charge >= 0.3 is 6.18 Å². The van der Waals surface area contributed by atoms with Crippen LogP contribution in [-0.2, 0) is 6.18 Å². The molecule has 1 aromatic carbocycles. The van der Waals surface area contributed by atoms with Crippen molar-refractivity contribution in [2.24, 2.45) is 11.7 Å². The number of hydrogen-bond acceptors (Lipinski definition) is 2. The van der Waals surface area contributed by atoms with Crippen molar-refractivity contribution in [1.82, 2.24) is 5.32 Å². The third-order valence-electron chi connectivity index (χ3n) is 3.98. The Morgan fingerprint density at radius 2 is 2.10 bits per heavy atom. The first-order valence-corrected chi connectivity index (χ1v) is 7.03. The van der Waals surface area contributed by atoms with Gasteiger partial charge in [0.1, 0.15) is 0 Å². The standard InChI is InChI=1S/C15H21F3N2/c1-10-5-6-13(7-10)20-14(9-19)11-3-2-4-12(8-11)15(16,17)18/h2-4,8,10,13-14,20H,5-7,9,19H2,1H3. The molecule has 20 heavy (non-hydrogen) atoms. The molecule has 0 aromatic heterocycles. The molecule has 0 amide bonds. The average Bonchev–Trinajstić information content (AvgIpc) is 2.81. The number of rotatable bonds is 4. The minimum Gasteiger partial charge on any atom is -0.329 e. The van der Waals surface area contributed by atoms with Crippen LogP contribution in [0.25, 0.3) is 0 Å². The maximum absolute atomic E-state index is 12.7. The van der Waals surface area contributed by atoms with Gasteiger partial charge in [-0.3, -0.25) is 0 Å². The van der Waals surface area contributed by atoms with Crippen molar-refractivity contribution in [3.8, 4) is 0 Å². The van der Waals surface area contributed by atoms with E-state index < -0.39 is 11.7 Å². The Kier molecular flexibility index (Phi) is 4.70. The molecule has 3 unspecified atom stereocenters. The van der Waals surface area contributed by atoms with Gasteiger partial charge in [-0.05, 0) is 42.9 Å². The van der Waals surface area contributed by atoms with Gasteiger partial charge < -0.3 is 11.1 Å². The number of benzene rings is 1. The molecule has 0 saturated heterocycles. The number of halogens is 3. The van der Waals surface area contributed by atoms with E-state index in [4.69, 9.17) is 5.73 Å². The van der Waals surface area contributed by atoms with Crippen LogP contribution in [0.2, 0.25) is 0 Å². The maximum atomic E-state index is 12.7. The first kappa shape index (κ1) is 15.3. The van der Waals surface area contributed by atoms with Gasteiger partial charge in [0.05, 0.1) is 5.56 Å². The van der Waals surface area contributed by atoms with Gasteiger partial charge in [0, 0.05) is 18.6 Å². The Bertz CT molecular complexity index is 445. The Morgan fingerprint density at radius 1 is 1.35 bits per heavy atom. The highest BCUT2D eigenvalue weighted by Crippen LogP contribution is 2.31. The lowest BCUT2D eigenvalue weighted by molar-refractivity contribution is -0.137. The molecule has 1 aliphatic carbocycles. The Morgan fingerprint density at radius 3 is 2.65 bits per heavy atom. The Balaban J connectivity index is 2.11. The smallest absolute Gasteiger partial charge is 0.329 e. The molecule has 0 aliphatic heterocycles. The van der Waals surface area contributed by atoms with Crippen molar-refractivity contribution in [2.45, 2.75) is 44.4 Å². The van der Waals surface area contributed by atoms with Crippen LogP contribution < -0.4 is 11.1 Å². The summed E-state index contributed by atoms with van der Waals surface area (Å²) in [5.41, 5.74) is 5.73. The summed E-state index contributed by atoms with van der Waals surface area (Å²) < 4.78 is 38.2. The van der Waals surface area contributed by atoms with Crippen molar-refractivity contribution in [2.75, 3.05) is 6.54 Å². The molecule has 1 fully saturated rings. The Labute approximate surface area is 117 Å². The summed E-state index contributed by atoms with van der Waals surface area (Å²) >= 11 is 0. The van der Waals surface area contributed by atoms with Crippen molar-refractivity contribution in [3.05, 3.63) is 35.4 Å². The monoisotopic (exact) mass is 286 g/mol. The summed E-state index contributed by atoms with van der Waals surface area (Å²) in [5, 5.41) is 3.40. The van der Waals surface area contributed by atoms with E-state index in [2.05, 4.69) is 12.2 Å². The van der Waals surface area contributed by atoms with Crippen LogP contribution in [0.4, 0.5) is 13.2 Å². The second kappa shape index (κ2) is 6.14. The van der Waals surface area contributed by atoms with Crippen LogP contribution in [0.15, 0.2) is 24.3 Å². The zero-order valence-electron chi connectivity index (χ0n) is 11.6. The molecule has 3 atom stereocenters. The normalized spacial score (nSPS) is 24.9. The number of nitrogens with one attached hydrogen (secondary N) is 1. The molecule has 5 heteroatoms. The fourth-order valence-electron chi connectivity index (χ4n) is 2.88. The number of alkyl halides is 3. The Hall–Kier alpha value is -1.07. The zero-order chi connectivity index (χ0) is 14.8. The van der Waals surface area contributed by atoms with E-state index in [-0.39, 0.29) is 6.04 Å². The molecule has 112 valence electrons. The van der Waals surface area contributed by atoms with Gasteiger partial charge in [-0.25, -0.2) is 0 Å². The minimum atomic E-state index is -4.31. The lowest BCUT2D eigenvalue weighted by Gasteiger charge is -2.23. The molecular weight excluding hydrogens is 265 g/mol. The van der Waals surface area contributed by atoms with Crippen molar-refractivity contribution in [3.63, 3.8) is 0 Å². The topological polar surface area (TPSA) is 38.0 Å². The molecular formula is C15H21F3N2. The lowest BCUT2D eigenvalue weighted by atomic mass is 10.0. The second-order valence-corrected chi connectivity index (χ2v) is 5.69. The predicted molar refractivity (Wildman–Crippen MR) is 73.2 cm³/mol. The fraction of sp³-hybridized carbons (Fsp3) is 0.600. The van der Waals surface area contributed by atoms with E-state index in [1.807, 2.05) is 0 Å². The molecule has 1 aromatic rings. The minimum absolute atomic E-state index is 0.215. The third-order valence-corrected chi connectivity index (χ3v) is 3.98. The van der Waals surface area contributed by atoms with Crippen LogP contribution in [0.1, 0.15) is 43.4 Å². The summed E-state index contributed by atoms with van der Waals surface area (Å²) in [5.74, 6) is 0.674. The molecule has 2 nitrogen and oxygen atoms in total. The zero-order valence-corrected chi connectivity index (χ0v) is 11.6. The third kappa shape index (κ3) is 3.73. The maximum Gasteiger partial charge on any atom is 0.416 e. The summed E-state index contributed by atoms with van der Waals surface area (Å²) in [6.07, 6.45) is -1.01. The fourth-order valence-corrected chi connectivity index (χ4v) is 2.88. The van der Waals surface area contributed by atoms with Crippen molar-refractivity contribution < 1.29 is 13.2 Å². The van der Waals surface area contributed by atoms with Gasteiger partial charge in [-0.15, -0.1) is 0 Å². The molecule has 0 heterocycles. The first-order valence-electron chi connectivity index (χ1n) is 7.03. The molecule has 1 saturated carbocycles. The summed E-state index contributed by atoms with van der Waals surface area (Å²) in [6.45, 7) is 2.50. The highest BCUT2D eigenvalue weighted by molar-refractivity contribution is 5.28. The molecule has 3 N–H and O–H groups in total. The van der Waals surface area contributed by atoms with E-state index >= 15 is 0 Å². The number of hydrogen-bond donors (Lipinski definition) is 2. The van der Waals surface area contributed by atoms with Crippen LogP contribution >= 0.6 is 0 Å². The van der Waals surface area contributed by atoms with Gasteiger partial charge in [0.15, 0.2) is 0 Å². The van der Waals surface area contributed by atoms with Gasteiger partial charge in [-0.1, -0.05) is 19.1 Å².